The van der Waals surface area contributed by atoms with Crippen molar-refractivity contribution < 1.29 is 23.0 Å². The van der Waals surface area contributed by atoms with Crippen LogP contribution >= 0.6 is 24.0 Å². The van der Waals surface area contributed by atoms with E-state index in [1.807, 2.05) is 12.1 Å². The van der Waals surface area contributed by atoms with Gasteiger partial charge < -0.3 is 25.4 Å². The van der Waals surface area contributed by atoms with Crippen molar-refractivity contribution in [1.29, 1.82) is 0 Å². The second-order valence-corrected chi connectivity index (χ2v) is 5.91. The number of ether oxygens (including phenoxy) is 2. The maximum Gasteiger partial charge on any atom is 0.387 e. The molecule has 0 spiro atoms. The topological polar surface area (TPSA) is 84.0 Å². The van der Waals surface area contributed by atoms with E-state index >= 15 is 0 Å². The standard InChI is InChI=1S/C20H24F2N4O3.HI/c1-23-18(27)14-6-4-13(5-7-14)11-25-20(24-2)26-12-15-10-16(28-3)8-9-17(15)29-19(21)22;/h4-10,19H,11-12H2,1-3H3,(H,23,27)(H2,24,25,26);1H. The Labute approximate surface area is 191 Å². The van der Waals surface area contributed by atoms with E-state index in [0.29, 0.717) is 29.4 Å². The minimum atomic E-state index is -2.92. The molecule has 10 heteroatoms. The zero-order chi connectivity index (χ0) is 21.2. The Hall–Kier alpha value is -2.63. The van der Waals surface area contributed by atoms with Crippen molar-refractivity contribution in [1.82, 2.24) is 16.0 Å². The van der Waals surface area contributed by atoms with E-state index in [4.69, 9.17) is 4.74 Å². The number of carbonyl (C=O) groups excluding carboxylic acids is 1. The Morgan fingerprint density at radius 3 is 2.33 bits per heavy atom. The van der Waals surface area contributed by atoms with Crippen molar-refractivity contribution in [2.24, 2.45) is 4.99 Å². The molecule has 3 N–H and O–H groups in total. The van der Waals surface area contributed by atoms with Crippen molar-refractivity contribution in [2.45, 2.75) is 19.7 Å². The number of guanidine groups is 1. The molecule has 0 fully saturated rings. The van der Waals surface area contributed by atoms with Gasteiger partial charge in [0.2, 0.25) is 0 Å². The fourth-order valence-corrected chi connectivity index (χ4v) is 2.54. The Balaban J connectivity index is 0.00000450. The fourth-order valence-electron chi connectivity index (χ4n) is 2.54. The van der Waals surface area contributed by atoms with Gasteiger partial charge in [0, 0.05) is 38.3 Å². The van der Waals surface area contributed by atoms with Gasteiger partial charge in [-0.15, -0.1) is 24.0 Å². The molecule has 2 rings (SSSR count). The van der Waals surface area contributed by atoms with E-state index < -0.39 is 6.61 Å². The zero-order valence-electron chi connectivity index (χ0n) is 16.9. The number of nitrogens with one attached hydrogen (secondary N) is 3. The molecule has 0 unspecified atom stereocenters. The molecule has 0 radical (unpaired) electrons. The third-order valence-electron chi connectivity index (χ3n) is 4.06. The summed E-state index contributed by atoms with van der Waals surface area (Å²) in [5.41, 5.74) is 2.02. The SMILES string of the molecule is CN=C(NCc1ccc(C(=O)NC)cc1)NCc1cc(OC)ccc1OC(F)F.I. The van der Waals surface area contributed by atoms with Gasteiger partial charge in [-0.05, 0) is 35.9 Å². The molecule has 1 amide bonds. The number of amides is 1. The van der Waals surface area contributed by atoms with Gasteiger partial charge >= 0.3 is 6.61 Å². The summed E-state index contributed by atoms with van der Waals surface area (Å²) in [5, 5.41) is 8.75. The predicted octanol–water partition coefficient (Wildman–Crippen LogP) is 3.14. The number of benzene rings is 2. The van der Waals surface area contributed by atoms with Crippen LogP contribution < -0.4 is 25.4 Å². The second-order valence-electron chi connectivity index (χ2n) is 5.91. The van der Waals surface area contributed by atoms with E-state index in [-0.39, 0.29) is 42.2 Å². The van der Waals surface area contributed by atoms with Crippen molar-refractivity contribution in [3.63, 3.8) is 0 Å². The summed E-state index contributed by atoms with van der Waals surface area (Å²) in [6.07, 6.45) is 0. The first-order valence-corrected chi connectivity index (χ1v) is 8.84. The Morgan fingerprint density at radius 2 is 1.77 bits per heavy atom. The van der Waals surface area contributed by atoms with Crippen LogP contribution in [0.5, 0.6) is 11.5 Å². The lowest BCUT2D eigenvalue weighted by Gasteiger charge is -2.15. The van der Waals surface area contributed by atoms with Crippen LogP contribution in [-0.4, -0.2) is 39.7 Å². The number of hydrogen-bond acceptors (Lipinski definition) is 4. The van der Waals surface area contributed by atoms with Gasteiger partial charge in [-0.25, -0.2) is 0 Å². The lowest BCUT2D eigenvalue weighted by Crippen LogP contribution is -2.36. The number of hydrogen-bond donors (Lipinski definition) is 3. The average Bonchev–Trinajstić information content (AvgIpc) is 2.74. The largest absolute Gasteiger partial charge is 0.497 e. The lowest BCUT2D eigenvalue weighted by molar-refractivity contribution is -0.0505. The predicted molar refractivity (Wildman–Crippen MR) is 122 cm³/mol. The fraction of sp³-hybridized carbons (Fsp3) is 0.300. The molecule has 7 nitrogen and oxygen atoms in total. The molecule has 2 aromatic carbocycles. The minimum Gasteiger partial charge on any atom is -0.497 e. The summed E-state index contributed by atoms with van der Waals surface area (Å²) in [4.78, 5) is 15.7. The van der Waals surface area contributed by atoms with Crippen LogP contribution in [0, 0.1) is 0 Å². The highest BCUT2D eigenvalue weighted by Crippen LogP contribution is 2.25. The number of methoxy groups -OCH3 is 1. The van der Waals surface area contributed by atoms with E-state index in [0.717, 1.165) is 5.56 Å². The Kier molecular flexibility index (Phi) is 10.9. The van der Waals surface area contributed by atoms with Crippen molar-refractivity contribution in [3.8, 4) is 11.5 Å². The molecular formula is C20H25F2IN4O3. The minimum absolute atomic E-state index is 0. The number of alkyl halides is 2. The Bertz CT molecular complexity index is 848. The zero-order valence-corrected chi connectivity index (χ0v) is 19.2. The molecular weight excluding hydrogens is 509 g/mol. The first-order valence-electron chi connectivity index (χ1n) is 8.84. The highest BCUT2D eigenvalue weighted by molar-refractivity contribution is 14.0. The third kappa shape index (κ3) is 7.65. The summed E-state index contributed by atoms with van der Waals surface area (Å²) < 4.78 is 34.9. The van der Waals surface area contributed by atoms with Crippen molar-refractivity contribution in [2.75, 3.05) is 21.2 Å². The van der Waals surface area contributed by atoms with Crippen molar-refractivity contribution >= 4 is 35.8 Å². The molecule has 0 saturated carbocycles. The molecule has 0 bridgehead atoms. The summed E-state index contributed by atoms with van der Waals surface area (Å²) in [7, 11) is 4.68. The van der Waals surface area contributed by atoms with Crippen LogP contribution in [-0.2, 0) is 13.1 Å². The van der Waals surface area contributed by atoms with Gasteiger partial charge in [0.1, 0.15) is 11.5 Å². The number of nitrogens with zero attached hydrogens (tertiary/aromatic N) is 1. The molecule has 0 atom stereocenters. The summed E-state index contributed by atoms with van der Waals surface area (Å²) >= 11 is 0. The van der Waals surface area contributed by atoms with Crippen LogP contribution in [0.15, 0.2) is 47.5 Å². The van der Waals surface area contributed by atoms with Crippen LogP contribution in [0.4, 0.5) is 8.78 Å². The van der Waals surface area contributed by atoms with Crippen LogP contribution in [0.2, 0.25) is 0 Å². The van der Waals surface area contributed by atoms with E-state index in [1.54, 1.807) is 38.4 Å². The third-order valence-corrected chi connectivity index (χ3v) is 4.06. The first kappa shape index (κ1) is 25.4. The molecule has 0 aliphatic carbocycles. The van der Waals surface area contributed by atoms with Gasteiger partial charge in [-0.1, -0.05) is 12.1 Å². The highest BCUT2D eigenvalue weighted by Gasteiger charge is 2.12. The number of aliphatic imine (C=N–C) groups is 1. The van der Waals surface area contributed by atoms with Crippen LogP contribution in [0.25, 0.3) is 0 Å². The summed E-state index contributed by atoms with van der Waals surface area (Å²) in [6, 6.07) is 11.7. The number of carbonyl (C=O) groups is 1. The summed E-state index contributed by atoms with van der Waals surface area (Å²) in [6.45, 7) is -2.25. The molecule has 164 valence electrons. The molecule has 2 aromatic rings. The van der Waals surface area contributed by atoms with Gasteiger partial charge in [-0.3, -0.25) is 9.79 Å². The average molecular weight is 534 g/mol. The normalized spacial score (nSPS) is 10.8. The second kappa shape index (κ2) is 12.8. The number of rotatable bonds is 8. The van der Waals surface area contributed by atoms with Crippen LogP contribution in [0.3, 0.4) is 0 Å². The van der Waals surface area contributed by atoms with Gasteiger partial charge in [-0.2, -0.15) is 8.78 Å². The molecule has 30 heavy (non-hydrogen) atoms. The van der Waals surface area contributed by atoms with E-state index in [1.165, 1.54) is 13.2 Å². The maximum absolute atomic E-state index is 12.6. The van der Waals surface area contributed by atoms with Gasteiger partial charge in [0.25, 0.3) is 5.91 Å². The van der Waals surface area contributed by atoms with Gasteiger partial charge in [0.05, 0.1) is 7.11 Å². The smallest absolute Gasteiger partial charge is 0.387 e. The Morgan fingerprint density at radius 1 is 1.10 bits per heavy atom. The summed E-state index contributed by atoms with van der Waals surface area (Å²) in [5.74, 6) is 0.921. The van der Waals surface area contributed by atoms with Crippen molar-refractivity contribution in [3.05, 3.63) is 59.2 Å². The lowest BCUT2D eigenvalue weighted by atomic mass is 10.1. The van der Waals surface area contributed by atoms with E-state index in [2.05, 4.69) is 25.7 Å². The monoisotopic (exact) mass is 534 g/mol. The molecule has 0 heterocycles. The molecule has 0 saturated heterocycles. The first-order chi connectivity index (χ1) is 14.0. The quantitative estimate of drug-likeness (QED) is 0.276. The maximum atomic E-state index is 12.6. The molecule has 0 aliphatic rings. The van der Waals surface area contributed by atoms with Gasteiger partial charge in [0.15, 0.2) is 5.96 Å². The number of halogens is 3. The van der Waals surface area contributed by atoms with E-state index in [9.17, 15) is 13.6 Å². The molecule has 0 aliphatic heterocycles. The highest BCUT2D eigenvalue weighted by atomic mass is 127. The van der Waals surface area contributed by atoms with Crippen LogP contribution in [0.1, 0.15) is 21.5 Å². The molecule has 0 aromatic heterocycles.